The predicted octanol–water partition coefficient (Wildman–Crippen LogP) is 3.93. The fourth-order valence-corrected chi connectivity index (χ4v) is 4.77. The molecule has 25 heavy (non-hydrogen) atoms. The molecule has 1 saturated heterocycles. The van der Waals surface area contributed by atoms with Gasteiger partial charge in [-0.15, -0.1) is 4.40 Å². The van der Waals surface area contributed by atoms with Crippen LogP contribution in [0, 0.1) is 0 Å². The number of rotatable bonds is 2. The monoisotopic (exact) mass is 374 g/mol. The zero-order valence-corrected chi connectivity index (χ0v) is 15.3. The van der Waals surface area contributed by atoms with Gasteiger partial charge in [0.25, 0.3) is 10.0 Å². The lowest BCUT2D eigenvalue weighted by molar-refractivity contribution is 0.366. The van der Waals surface area contributed by atoms with Crippen LogP contribution in [0.25, 0.3) is 11.1 Å². The summed E-state index contributed by atoms with van der Waals surface area (Å²) in [5.41, 5.74) is 3.35. The highest BCUT2D eigenvalue weighted by Gasteiger charge is 2.33. The molecular weight excluding hydrogens is 356 g/mol. The van der Waals surface area contributed by atoms with Crippen molar-refractivity contribution in [2.24, 2.45) is 4.40 Å². The maximum atomic E-state index is 11.9. The Hall–Kier alpha value is -1.85. The molecule has 2 aliphatic heterocycles. The Bertz CT molecular complexity index is 905. The van der Waals surface area contributed by atoms with Crippen LogP contribution < -0.4 is 0 Å². The summed E-state index contributed by atoms with van der Waals surface area (Å²) >= 11 is 5.95. The van der Waals surface area contributed by atoms with Crippen LogP contribution in [0.5, 0.6) is 0 Å². The van der Waals surface area contributed by atoms with Crippen LogP contribution >= 0.6 is 11.6 Å². The minimum Gasteiger partial charge on any atom is -0.358 e. The minimum absolute atomic E-state index is 0.0584. The Morgan fingerprint density at radius 1 is 0.960 bits per heavy atom. The molecule has 0 aliphatic carbocycles. The van der Waals surface area contributed by atoms with Crippen molar-refractivity contribution in [1.82, 2.24) is 4.90 Å². The predicted molar refractivity (Wildman–Crippen MR) is 102 cm³/mol. The maximum Gasteiger partial charge on any atom is 0.256 e. The van der Waals surface area contributed by atoms with Gasteiger partial charge in [-0.1, -0.05) is 48.0 Å². The fourth-order valence-electron chi connectivity index (χ4n) is 3.58. The molecule has 0 radical (unpaired) electrons. The van der Waals surface area contributed by atoms with Crippen molar-refractivity contribution in [3.05, 3.63) is 59.1 Å². The largest absolute Gasteiger partial charge is 0.358 e. The summed E-state index contributed by atoms with van der Waals surface area (Å²) < 4.78 is 27.9. The van der Waals surface area contributed by atoms with Crippen molar-refractivity contribution < 1.29 is 8.42 Å². The van der Waals surface area contributed by atoms with E-state index in [1.807, 2.05) is 24.3 Å². The Labute approximate surface area is 153 Å². The molecule has 0 N–H and O–H groups in total. The molecule has 2 aliphatic rings. The molecule has 0 amide bonds. The van der Waals surface area contributed by atoms with Crippen molar-refractivity contribution in [1.29, 1.82) is 0 Å². The van der Waals surface area contributed by atoms with E-state index >= 15 is 0 Å². The number of amidine groups is 1. The van der Waals surface area contributed by atoms with Gasteiger partial charge in [0.2, 0.25) is 0 Å². The summed E-state index contributed by atoms with van der Waals surface area (Å²) in [7, 11) is -3.32. The third-order valence-electron chi connectivity index (χ3n) is 4.90. The average molecular weight is 375 g/mol. The summed E-state index contributed by atoms with van der Waals surface area (Å²) in [6, 6.07) is 16.1. The molecule has 2 heterocycles. The van der Waals surface area contributed by atoms with Gasteiger partial charge in [-0.3, -0.25) is 0 Å². The van der Waals surface area contributed by atoms with Gasteiger partial charge in [0.15, 0.2) is 0 Å². The first-order valence-corrected chi connectivity index (χ1v) is 10.4. The number of halogens is 1. The molecule has 6 heteroatoms. The Morgan fingerprint density at radius 3 is 2.28 bits per heavy atom. The number of benzene rings is 2. The lowest BCUT2D eigenvalue weighted by Crippen LogP contribution is -2.46. The van der Waals surface area contributed by atoms with Gasteiger partial charge < -0.3 is 4.90 Å². The van der Waals surface area contributed by atoms with Crippen molar-refractivity contribution in [3.63, 3.8) is 0 Å². The number of sulfonamides is 1. The number of hydrogen-bond acceptors (Lipinski definition) is 3. The maximum absolute atomic E-state index is 11.9. The minimum atomic E-state index is -3.32. The van der Waals surface area contributed by atoms with E-state index in [0.29, 0.717) is 6.54 Å². The van der Waals surface area contributed by atoms with Crippen molar-refractivity contribution in [3.8, 4) is 11.1 Å². The summed E-state index contributed by atoms with van der Waals surface area (Å²) in [5, 5.41) is 0.721. The van der Waals surface area contributed by atoms with Crippen molar-refractivity contribution >= 4 is 27.5 Å². The Kier molecular flexibility index (Phi) is 4.29. The van der Waals surface area contributed by atoms with Gasteiger partial charge in [-0.2, -0.15) is 0 Å². The smallest absolute Gasteiger partial charge is 0.256 e. The Balaban J connectivity index is 1.65. The third kappa shape index (κ3) is 3.44. The van der Waals surface area contributed by atoms with E-state index in [9.17, 15) is 8.42 Å². The molecule has 1 atom stereocenters. The van der Waals surface area contributed by atoms with Crippen LogP contribution in [0.1, 0.15) is 24.3 Å². The number of fused-ring (bicyclic) bond motifs is 1. The van der Waals surface area contributed by atoms with E-state index in [4.69, 9.17) is 11.6 Å². The van der Waals surface area contributed by atoms with Crippen LogP contribution in [0.4, 0.5) is 0 Å². The first-order chi connectivity index (χ1) is 12.0. The van der Waals surface area contributed by atoms with E-state index in [-0.39, 0.29) is 11.7 Å². The van der Waals surface area contributed by atoms with E-state index in [2.05, 4.69) is 33.6 Å². The molecule has 1 unspecified atom stereocenters. The van der Waals surface area contributed by atoms with Crippen LogP contribution in [-0.4, -0.2) is 38.0 Å². The van der Waals surface area contributed by atoms with E-state index in [0.717, 1.165) is 46.9 Å². The van der Waals surface area contributed by atoms with E-state index < -0.39 is 10.0 Å². The lowest BCUT2D eigenvalue weighted by Gasteiger charge is -2.37. The normalized spacial score (nSPS) is 22.2. The number of piperidine rings is 1. The molecule has 0 bridgehead atoms. The second-order valence-electron chi connectivity index (χ2n) is 6.55. The number of hydrogen-bond donors (Lipinski definition) is 0. The molecular formula is C19H19ClN2O2S. The molecule has 4 rings (SSSR count). The van der Waals surface area contributed by atoms with Gasteiger partial charge in [0.05, 0.1) is 5.75 Å². The molecule has 0 aromatic heterocycles. The third-order valence-corrected chi connectivity index (χ3v) is 6.31. The van der Waals surface area contributed by atoms with Gasteiger partial charge in [0, 0.05) is 24.0 Å². The summed E-state index contributed by atoms with van der Waals surface area (Å²) in [6.07, 6.45) is 1.99. The SMILES string of the molecule is O=S1(=O)CCN2CCCC(c3ccc(-c4ccc(Cl)cc4)cc3)C2=N1. The van der Waals surface area contributed by atoms with Gasteiger partial charge in [-0.05, 0) is 41.7 Å². The fraction of sp³-hybridized carbons (Fsp3) is 0.316. The van der Waals surface area contributed by atoms with E-state index in [1.165, 1.54) is 0 Å². The van der Waals surface area contributed by atoms with Crippen LogP contribution in [0.15, 0.2) is 52.9 Å². The van der Waals surface area contributed by atoms with Crippen molar-refractivity contribution in [2.45, 2.75) is 18.8 Å². The van der Waals surface area contributed by atoms with Gasteiger partial charge >= 0.3 is 0 Å². The Morgan fingerprint density at radius 2 is 1.60 bits per heavy atom. The highest BCUT2D eigenvalue weighted by Crippen LogP contribution is 2.32. The highest BCUT2D eigenvalue weighted by atomic mass is 35.5. The molecule has 0 saturated carbocycles. The summed E-state index contributed by atoms with van der Waals surface area (Å²) in [4.78, 5) is 2.13. The number of nitrogens with zero attached hydrogens (tertiary/aromatic N) is 2. The highest BCUT2D eigenvalue weighted by molar-refractivity contribution is 7.90. The summed E-state index contributed by atoms with van der Waals surface area (Å²) in [6.45, 7) is 1.45. The first-order valence-electron chi connectivity index (χ1n) is 8.45. The lowest BCUT2D eigenvalue weighted by atomic mass is 9.88. The van der Waals surface area contributed by atoms with E-state index in [1.54, 1.807) is 0 Å². The van der Waals surface area contributed by atoms with Crippen LogP contribution in [-0.2, 0) is 10.0 Å². The van der Waals surface area contributed by atoms with Gasteiger partial charge in [-0.25, -0.2) is 8.42 Å². The molecule has 2 aromatic carbocycles. The van der Waals surface area contributed by atoms with Crippen LogP contribution in [0.2, 0.25) is 5.02 Å². The quantitative estimate of drug-likeness (QED) is 0.800. The second-order valence-corrected chi connectivity index (χ2v) is 8.74. The molecule has 4 nitrogen and oxygen atoms in total. The van der Waals surface area contributed by atoms with Crippen molar-refractivity contribution in [2.75, 3.05) is 18.8 Å². The molecule has 130 valence electrons. The topological polar surface area (TPSA) is 49.7 Å². The zero-order valence-electron chi connectivity index (χ0n) is 13.7. The average Bonchev–Trinajstić information content (AvgIpc) is 2.61. The second kappa shape index (κ2) is 6.46. The molecule has 1 fully saturated rings. The summed E-state index contributed by atoms with van der Waals surface area (Å²) in [5.74, 6) is 0.901. The standard InChI is InChI=1S/C19H19ClN2O2S/c20-17-9-7-15(8-10-17)14-3-5-16(6-4-14)18-2-1-11-22-12-13-25(23,24)21-19(18)22/h3-10,18H,1-2,11-13H2. The molecule has 2 aromatic rings. The first kappa shape index (κ1) is 16.6. The molecule has 0 spiro atoms. The van der Waals surface area contributed by atoms with Gasteiger partial charge in [0.1, 0.15) is 5.84 Å². The van der Waals surface area contributed by atoms with Crippen LogP contribution in [0.3, 0.4) is 0 Å². The zero-order chi connectivity index (χ0) is 17.4.